The van der Waals surface area contributed by atoms with Crippen LogP contribution in [0.4, 0.5) is 23.2 Å². The molecule has 0 saturated carbocycles. The van der Waals surface area contributed by atoms with E-state index in [1.165, 1.54) is 36.4 Å². The van der Waals surface area contributed by atoms with E-state index in [0.29, 0.717) is 0 Å². The summed E-state index contributed by atoms with van der Waals surface area (Å²) >= 11 is 6.10. The molecule has 2 aromatic rings. The van der Waals surface area contributed by atoms with Crippen molar-refractivity contribution in [2.45, 2.75) is 6.18 Å². The zero-order chi connectivity index (χ0) is 18.2. The van der Waals surface area contributed by atoms with E-state index in [1.807, 2.05) is 0 Å². The zero-order valence-electron chi connectivity index (χ0n) is 12.4. The molecule has 0 unspecified atom stereocenters. The number of thioether (sulfide) groups is 1. The van der Waals surface area contributed by atoms with E-state index in [1.54, 1.807) is 0 Å². The quantitative estimate of drug-likeness (QED) is 0.401. The number of carbonyl (C=O) groups is 1. The van der Waals surface area contributed by atoms with Gasteiger partial charge in [-0.2, -0.15) is 13.2 Å². The highest BCUT2D eigenvalue weighted by molar-refractivity contribution is 8.27. The molecule has 0 atom stereocenters. The van der Waals surface area contributed by atoms with Crippen molar-refractivity contribution in [1.82, 2.24) is 0 Å². The van der Waals surface area contributed by atoms with Gasteiger partial charge in [-0.1, -0.05) is 42.2 Å². The standard InChI is InChI=1S/C17H9F4NOS2/c18-12-5-2-6-13(9-12)22-15(23)14(25-16(22)24)8-10-3-1-4-11(7-10)17(19,20)21/h1-9H/b14-8+. The van der Waals surface area contributed by atoms with E-state index in [4.69, 9.17) is 12.2 Å². The van der Waals surface area contributed by atoms with Crippen LogP contribution >= 0.6 is 24.0 Å². The van der Waals surface area contributed by atoms with Gasteiger partial charge in [-0.15, -0.1) is 0 Å². The summed E-state index contributed by atoms with van der Waals surface area (Å²) in [4.78, 5) is 13.8. The van der Waals surface area contributed by atoms with Crippen molar-refractivity contribution < 1.29 is 22.4 Å². The van der Waals surface area contributed by atoms with Crippen LogP contribution in [0.25, 0.3) is 6.08 Å². The molecular formula is C17H9F4NOS2. The first kappa shape index (κ1) is 17.6. The first-order valence-electron chi connectivity index (χ1n) is 6.96. The summed E-state index contributed by atoms with van der Waals surface area (Å²) in [6.07, 6.45) is -3.13. The molecule has 25 heavy (non-hydrogen) atoms. The second kappa shape index (κ2) is 6.61. The fourth-order valence-electron chi connectivity index (χ4n) is 2.26. The van der Waals surface area contributed by atoms with Gasteiger partial charge in [0.15, 0.2) is 4.32 Å². The van der Waals surface area contributed by atoms with Gasteiger partial charge in [-0.3, -0.25) is 9.69 Å². The van der Waals surface area contributed by atoms with Crippen molar-refractivity contribution in [3.05, 3.63) is 70.4 Å². The van der Waals surface area contributed by atoms with Crippen LogP contribution in [0, 0.1) is 5.82 Å². The summed E-state index contributed by atoms with van der Waals surface area (Å²) in [5, 5.41) is 0. The molecule has 1 heterocycles. The monoisotopic (exact) mass is 383 g/mol. The number of rotatable bonds is 2. The number of amides is 1. The SMILES string of the molecule is O=C1/C(=C\c2cccc(C(F)(F)F)c2)SC(=S)N1c1cccc(F)c1. The molecule has 0 aliphatic carbocycles. The Bertz CT molecular complexity index is 892. The van der Waals surface area contributed by atoms with E-state index >= 15 is 0 Å². The topological polar surface area (TPSA) is 20.3 Å². The van der Waals surface area contributed by atoms with Gasteiger partial charge in [0.2, 0.25) is 0 Å². The van der Waals surface area contributed by atoms with E-state index in [9.17, 15) is 22.4 Å². The van der Waals surface area contributed by atoms with Crippen LogP contribution in [-0.2, 0) is 11.0 Å². The molecule has 1 aliphatic heterocycles. The molecule has 2 aromatic carbocycles. The Morgan fingerprint density at radius 1 is 1.08 bits per heavy atom. The maximum Gasteiger partial charge on any atom is 0.416 e. The molecule has 0 radical (unpaired) electrons. The second-order valence-electron chi connectivity index (χ2n) is 5.12. The van der Waals surface area contributed by atoms with Gasteiger partial charge >= 0.3 is 6.18 Å². The van der Waals surface area contributed by atoms with Crippen LogP contribution in [0.5, 0.6) is 0 Å². The average Bonchev–Trinajstić information content (AvgIpc) is 2.81. The minimum atomic E-state index is -4.47. The lowest BCUT2D eigenvalue weighted by Crippen LogP contribution is -2.27. The van der Waals surface area contributed by atoms with Crippen molar-refractivity contribution in [2.24, 2.45) is 0 Å². The van der Waals surface area contributed by atoms with E-state index in [2.05, 4.69) is 0 Å². The summed E-state index contributed by atoms with van der Waals surface area (Å²) in [5.41, 5.74) is -0.300. The molecule has 0 bridgehead atoms. The predicted molar refractivity (Wildman–Crippen MR) is 93.5 cm³/mol. The smallest absolute Gasteiger partial charge is 0.268 e. The predicted octanol–water partition coefficient (Wildman–Crippen LogP) is 5.25. The highest BCUT2D eigenvalue weighted by Crippen LogP contribution is 2.37. The van der Waals surface area contributed by atoms with Gasteiger partial charge < -0.3 is 0 Å². The van der Waals surface area contributed by atoms with Gasteiger partial charge in [0.05, 0.1) is 16.2 Å². The molecule has 1 amide bonds. The summed E-state index contributed by atoms with van der Waals surface area (Å²) in [5.74, 6) is -1.02. The molecule has 128 valence electrons. The Balaban J connectivity index is 1.93. The normalized spacial score (nSPS) is 16.8. The molecule has 1 fully saturated rings. The number of halogens is 4. The van der Waals surface area contributed by atoms with Crippen molar-refractivity contribution in [2.75, 3.05) is 4.90 Å². The summed E-state index contributed by atoms with van der Waals surface area (Å²) < 4.78 is 51.9. The lowest BCUT2D eigenvalue weighted by molar-refractivity contribution is -0.137. The molecule has 1 saturated heterocycles. The maximum atomic E-state index is 13.4. The van der Waals surface area contributed by atoms with Crippen LogP contribution in [0.3, 0.4) is 0 Å². The van der Waals surface area contributed by atoms with Crippen molar-refractivity contribution in [3.8, 4) is 0 Å². The number of carbonyl (C=O) groups excluding carboxylic acids is 1. The Labute approximate surface area is 150 Å². The Kier molecular flexibility index (Phi) is 4.66. The fraction of sp³-hybridized carbons (Fsp3) is 0.0588. The van der Waals surface area contributed by atoms with E-state index in [0.717, 1.165) is 34.9 Å². The number of nitrogens with zero attached hydrogens (tertiary/aromatic N) is 1. The van der Waals surface area contributed by atoms with Crippen LogP contribution in [0.15, 0.2) is 53.4 Å². The maximum absolute atomic E-state index is 13.4. The third kappa shape index (κ3) is 3.74. The minimum Gasteiger partial charge on any atom is -0.268 e. The number of anilines is 1. The minimum absolute atomic E-state index is 0.175. The summed E-state index contributed by atoms with van der Waals surface area (Å²) in [7, 11) is 0. The van der Waals surface area contributed by atoms with E-state index < -0.39 is 23.5 Å². The van der Waals surface area contributed by atoms with Crippen LogP contribution in [0.2, 0.25) is 0 Å². The molecule has 1 aliphatic rings. The van der Waals surface area contributed by atoms with Crippen LogP contribution < -0.4 is 4.90 Å². The van der Waals surface area contributed by atoms with Crippen LogP contribution in [-0.4, -0.2) is 10.2 Å². The van der Waals surface area contributed by atoms with Gasteiger partial charge in [0, 0.05) is 0 Å². The second-order valence-corrected chi connectivity index (χ2v) is 6.80. The molecule has 0 N–H and O–H groups in total. The number of hydrogen-bond acceptors (Lipinski definition) is 3. The number of alkyl halides is 3. The highest BCUT2D eigenvalue weighted by atomic mass is 32.2. The number of hydrogen-bond donors (Lipinski definition) is 0. The van der Waals surface area contributed by atoms with Crippen LogP contribution in [0.1, 0.15) is 11.1 Å². The third-order valence-electron chi connectivity index (χ3n) is 3.37. The number of thiocarbonyl (C=S) groups is 1. The Morgan fingerprint density at radius 2 is 1.80 bits per heavy atom. The average molecular weight is 383 g/mol. The molecule has 0 aromatic heterocycles. The highest BCUT2D eigenvalue weighted by Gasteiger charge is 2.34. The van der Waals surface area contributed by atoms with E-state index in [-0.39, 0.29) is 20.5 Å². The first-order valence-corrected chi connectivity index (χ1v) is 8.19. The molecule has 8 heteroatoms. The van der Waals surface area contributed by atoms with Crippen molar-refractivity contribution in [3.63, 3.8) is 0 Å². The molecule has 0 spiro atoms. The Morgan fingerprint density at radius 3 is 2.48 bits per heavy atom. The molecular weight excluding hydrogens is 374 g/mol. The van der Waals surface area contributed by atoms with Crippen molar-refractivity contribution in [1.29, 1.82) is 0 Å². The van der Waals surface area contributed by atoms with Crippen molar-refractivity contribution >= 4 is 46.0 Å². The third-order valence-corrected chi connectivity index (χ3v) is 4.67. The summed E-state index contributed by atoms with van der Waals surface area (Å²) in [6.45, 7) is 0. The lowest BCUT2D eigenvalue weighted by atomic mass is 10.1. The van der Waals surface area contributed by atoms with Gasteiger partial charge in [-0.05, 0) is 42.0 Å². The zero-order valence-corrected chi connectivity index (χ0v) is 14.0. The fourth-order valence-corrected chi connectivity index (χ4v) is 3.56. The molecule has 2 nitrogen and oxygen atoms in total. The number of benzene rings is 2. The lowest BCUT2D eigenvalue weighted by Gasteiger charge is -2.14. The van der Waals surface area contributed by atoms with Gasteiger partial charge in [0.25, 0.3) is 5.91 Å². The largest absolute Gasteiger partial charge is 0.416 e. The Hall–Kier alpha value is -2.19. The van der Waals surface area contributed by atoms with Gasteiger partial charge in [0.1, 0.15) is 5.82 Å². The first-order chi connectivity index (χ1) is 11.8. The molecule has 3 rings (SSSR count). The summed E-state index contributed by atoms with van der Waals surface area (Å²) in [6, 6.07) is 10.0. The van der Waals surface area contributed by atoms with Gasteiger partial charge in [-0.25, -0.2) is 4.39 Å².